The SMILES string of the molecule is CCC(COC)NC(=O)c1occc1CN1c2ccccc2CC1C. The van der Waals surface area contributed by atoms with E-state index in [1.54, 1.807) is 13.4 Å². The predicted octanol–water partition coefficient (Wildman–Crippen LogP) is 3.39. The van der Waals surface area contributed by atoms with Gasteiger partial charge in [-0.25, -0.2) is 0 Å². The summed E-state index contributed by atoms with van der Waals surface area (Å²) in [6.07, 6.45) is 3.43. The van der Waals surface area contributed by atoms with Gasteiger partial charge in [-0.1, -0.05) is 25.1 Å². The topological polar surface area (TPSA) is 54.7 Å². The fraction of sp³-hybridized carbons (Fsp3) is 0.450. The first-order valence-electron chi connectivity index (χ1n) is 8.84. The van der Waals surface area contributed by atoms with Gasteiger partial charge in [0.05, 0.1) is 18.9 Å². The number of hydrogen-bond acceptors (Lipinski definition) is 4. The molecule has 134 valence electrons. The Kier molecular flexibility index (Phi) is 5.43. The van der Waals surface area contributed by atoms with E-state index in [1.165, 1.54) is 11.3 Å². The van der Waals surface area contributed by atoms with Gasteiger partial charge in [-0.2, -0.15) is 0 Å². The van der Waals surface area contributed by atoms with Crippen LogP contribution in [-0.4, -0.2) is 31.7 Å². The zero-order chi connectivity index (χ0) is 17.8. The Morgan fingerprint density at radius 2 is 2.20 bits per heavy atom. The molecule has 1 aliphatic rings. The number of anilines is 1. The second kappa shape index (κ2) is 7.74. The maximum atomic E-state index is 12.6. The van der Waals surface area contributed by atoms with Crippen LogP contribution in [0.2, 0.25) is 0 Å². The maximum absolute atomic E-state index is 12.6. The van der Waals surface area contributed by atoms with E-state index in [9.17, 15) is 4.79 Å². The highest BCUT2D eigenvalue weighted by atomic mass is 16.5. The maximum Gasteiger partial charge on any atom is 0.287 e. The molecule has 5 heteroatoms. The van der Waals surface area contributed by atoms with Crippen LogP contribution in [0.25, 0.3) is 0 Å². The molecule has 1 amide bonds. The van der Waals surface area contributed by atoms with Gasteiger partial charge < -0.3 is 19.4 Å². The third-order valence-corrected chi connectivity index (χ3v) is 4.84. The Morgan fingerprint density at radius 1 is 1.40 bits per heavy atom. The van der Waals surface area contributed by atoms with Gasteiger partial charge in [0.25, 0.3) is 5.91 Å². The minimum absolute atomic E-state index is 0.0121. The van der Waals surface area contributed by atoms with Crippen molar-refractivity contribution in [1.82, 2.24) is 5.32 Å². The molecule has 2 heterocycles. The Bertz CT molecular complexity index is 725. The number of para-hydroxylation sites is 1. The lowest BCUT2D eigenvalue weighted by molar-refractivity contribution is 0.0866. The summed E-state index contributed by atoms with van der Waals surface area (Å²) < 4.78 is 10.7. The fourth-order valence-electron chi connectivity index (χ4n) is 3.43. The third kappa shape index (κ3) is 3.71. The first-order chi connectivity index (χ1) is 12.1. The normalized spacial score (nSPS) is 17.4. The summed E-state index contributed by atoms with van der Waals surface area (Å²) in [6, 6.07) is 10.7. The van der Waals surface area contributed by atoms with Crippen LogP contribution in [0.1, 0.15) is 41.9 Å². The molecule has 0 saturated carbocycles. The largest absolute Gasteiger partial charge is 0.459 e. The van der Waals surface area contributed by atoms with E-state index in [-0.39, 0.29) is 11.9 Å². The van der Waals surface area contributed by atoms with E-state index in [2.05, 4.69) is 41.4 Å². The number of ether oxygens (including phenoxy) is 1. The smallest absolute Gasteiger partial charge is 0.287 e. The van der Waals surface area contributed by atoms with Crippen LogP contribution < -0.4 is 10.2 Å². The minimum Gasteiger partial charge on any atom is -0.459 e. The van der Waals surface area contributed by atoms with Crippen LogP contribution in [0, 0.1) is 0 Å². The standard InChI is InChI=1S/C20H26N2O3/c1-4-17(13-24-3)21-20(23)19-16(9-10-25-19)12-22-14(2)11-15-7-5-6-8-18(15)22/h5-10,14,17H,4,11-13H2,1-3H3,(H,21,23). The summed E-state index contributed by atoms with van der Waals surface area (Å²) in [5.74, 6) is 0.218. The Balaban J connectivity index is 1.75. The summed E-state index contributed by atoms with van der Waals surface area (Å²) >= 11 is 0. The lowest BCUT2D eigenvalue weighted by Crippen LogP contribution is -2.38. The van der Waals surface area contributed by atoms with Crippen molar-refractivity contribution in [2.45, 2.75) is 45.3 Å². The van der Waals surface area contributed by atoms with Crippen molar-refractivity contribution < 1.29 is 13.9 Å². The first-order valence-corrected chi connectivity index (χ1v) is 8.84. The average Bonchev–Trinajstić information content (AvgIpc) is 3.19. The number of amides is 1. The highest BCUT2D eigenvalue weighted by Crippen LogP contribution is 2.33. The molecule has 2 unspecified atom stereocenters. The molecule has 3 rings (SSSR count). The molecule has 1 aromatic carbocycles. The summed E-state index contributed by atoms with van der Waals surface area (Å²) in [7, 11) is 1.64. The first kappa shape index (κ1) is 17.5. The minimum atomic E-state index is -0.177. The molecule has 0 aliphatic carbocycles. The number of methoxy groups -OCH3 is 1. The number of hydrogen-bond donors (Lipinski definition) is 1. The Hall–Kier alpha value is -2.27. The molecule has 2 aromatic rings. The molecular formula is C20H26N2O3. The molecule has 2 atom stereocenters. The van der Waals surface area contributed by atoms with Crippen molar-refractivity contribution in [2.24, 2.45) is 0 Å². The number of furan rings is 1. The molecule has 1 N–H and O–H groups in total. The van der Waals surface area contributed by atoms with E-state index < -0.39 is 0 Å². The van der Waals surface area contributed by atoms with Crippen molar-refractivity contribution in [2.75, 3.05) is 18.6 Å². The molecule has 0 radical (unpaired) electrons. The van der Waals surface area contributed by atoms with Gasteiger partial charge in [0.15, 0.2) is 5.76 Å². The van der Waals surface area contributed by atoms with E-state index in [4.69, 9.17) is 9.15 Å². The Morgan fingerprint density at radius 3 is 2.96 bits per heavy atom. The van der Waals surface area contributed by atoms with Crippen molar-refractivity contribution in [3.05, 3.63) is 53.5 Å². The molecule has 1 aromatic heterocycles. The van der Waals surface area contributed by atoms with Gasteiger partial charge >= 0.3 is 0 Å². The highest BCUT2D eigenvalue weighted by molar-refractivity contribution is 5.93. The predicted molar refractivity (Wildman–Crippen MR) is 97.9 cm³/mol. The zero-order valence-corrected chi connectivity index (χ0v) is 15.1. The average molecular weight is 342 g/mol. The Labute approximate surface area is 149 Å². The molecular weight excluding hydrogens is 316 g/mol. The quantitative estimate of drug-likeness (QED) is 0.838. The van der Waals surface area contributed by atoms with Crippen molar-refractivity contribution in [3.8, 4) is 0 Å². The van der Waals surface area contributed by atoms with Crippen molar-refractivity contribution in [1.29, 1.82) is 0 Å². The van der Waals surface area contributed by atoms with Crippen LogP contribution in [-0.2, 0) is 17.7 Å². The second-order valence-electron chi connectivity index (χ2n) is 6.62. The number of fused-ring (bicyclic) bond motifs is 1. The van der Waals surface area contributed by atoms with Crippen molar-refractivity contribution in [3.63, 3.8) is 0 Å². The number of benzene rings is 1. The molecule has 25 heavy (non-hydrogen) atoms. The lowest BCUT2D eigenvalue weighted by atomic mass is 10.1. The molecule has 1 aliphatic heterocycles. The number of nitrogens with one attached hydrogen (secondary N) is 1. The van der Waals surface area contributed by atoms with E-state index in [1.807, 2.05) is 13.0 Å². The second-order valence-corrected chi connectivity index (χ2v) is 6.62. The number of carbonyl (C=O) groups excluding carboxylic acids is 1. The van der Waals surface area contributed by atoms with Gasteiger partial charge in [-0.3, -0.25) is 4.79 Å². The monoisotopic (exact) mass is 342 g/mol. The van der Waals surface area contributed by atoms with Crippen LogP contribution in [0.15, 0.2) is 41.0 Å². The van der Waals surface area contributed by atoms with Crippen LogP contribution in [0.4, 0.5) is 5.69 Å². The fourth-order valence-corrected chi connectivity index (χ4v) is 3.43. The molecule has 0 fully saturated rings. The lowest BCUT2D eigenvalue weighted by Gasteiger charge is -2.25. The summed E-state index contributed by atoms with van der Waals surface area (Å²) in [6.45, 7) is 5.40. The van der Waals surface area contributed by atoms with Crippen LogP contribution in [0.5, 0.6) is 0 Å². The molecule has 5 nitrogen and oxygen atoms in total. The van der Waals surface area contributed by atoms with Gasteiger partial charge in [0.1, 0.15) is 0 Å². The van der Waals surface area contributed by atoms with Gasteiger partial charge in [-0.05, 0) is 37.5 Å². The summed E-state index contributed by atoms with van der Waals surface area (Å²) in [4.78, 5) is 14.9. The molecule has 0 spiro atoms. The third-order valence-electron chi connectivity index (χ3n) is 4.84. The van der Waals surface area contributed by atoms with Gasteiger partial charge in [-0.15, -0.1) is 0 Å². The zero-order valence-electron chi connectivity index (χ0n) is 15.1. The number of nitrogens with zero attached hydrogens (tertiary/aromatic N) is 1. The van der Waals surface area contributed by atoms with Gasteiger partial charge in [0.2, 0.25) is 0 Å². The van der Waals surface area contributed by atoms with E-state index in [0.29, 0.717) is 25.0 Å². The van der Waals surface area contributed by atoms with E-state index in [0.717, 1.165) is 18.4 Å². The number of rotatable bonds is 7. The van der Waals surface area contributed by atoms with Gasteiger partial charge in [0, 0.05) is 30.9 Å². The molecule has 0 bridgehead atoms. The van der Waals surface area contributed by atoms with Crippen LogP contribution in [0.3, 0.4) is 0 Å². The highest BCUT2D eigenvalue weighted by Gasteiger charge is 2.28. The molecule has 0 saturated heterocycles. The summed E-state index contributed by atoms with van der Waals surface area (Å²) in [5, 5.41) is 2.99. The van der Waals surface area contributed by atoms with E-state index >= 15 is 0 Å². The number of carbonyl (C=O) groups is 1. The van der Waals surface area contributed by atoms with Crippen molar-refractivity contribution >= 4 is 11.6 Å². The van der Waals surface area contributed by atoms with Crippen LogP contribution >= 0.6 is 0 Å². The summed E-state index contributed by atoms with van der Waals surface area (Å²) in [5.41, 5.74) is 3.51.